The Hall–Kier alpha value is -0.851. The van der Waals surface area contributed by atoms with Crippen LogP contribution >= 0.6 is 0 Å². The van der Waals surface area contributed by atoms with Crippen molar-refractivity contribution < 1.29 is 19.0 Å². The fourth-order valence-electron chi connectivity index (χ4n) is 4.80. The summed E-state index contributed by atoms with van der Waals surface area (Å²) in [5, 5.41) is 0. The van der Waals surface area contributed by atoms with Crippen molar-refractivity contribution in [2.45, 2.75) is 130 Å². The summed E-state index contributed by atoms with van der Waals surface area (Å²) in [5.74, 6) is -0.191. The fraction of sp³-hybridized carbons (Fsp3) is 0.719. The number of carbonyl (C=O) groups is 1. The van der Waals surface area contributed by atoms with Crippen LogP contribution in [0.4, 0.5) is 0 Å². The number of hydrogen-bond acceptors (Lipinski definition) is 4. The second kappa shape index (κ2) is 18.4. The van der Waals surface area contributed by atoms with E-state index in [1.807, 2.05) is 58.0 Å². The molecular formula is C32H56O4Sn. The molecule has 0 aliphatic carbocycles. The van der Waals surface area contributed by atoms with Crippen LogP contribution in [-0.2, 0) is 25.6 Å². The zero-order valence-electron chi connectivity index (χ0n) is 25.1. The van der Waals surface area contributed by atoms with Gasteiger partial charge in [0.15, 0.2) is 0 Å². The Morgan fingerprint density at radius 1 is 0.946 bits per heavy atom. The summed E-state index contributed by atoms with van der Waals surface area (Å²) in [6.45, 7) is 19.9. The molecule has 0 amide bonds. The Morgan fingerprint density at radius 3 is 1.97 bits per heavy atom. The van der Waals surface area contributed by atoms with Gasteiger partial charge in [-0.2, -0.15) is 0 Å². The molecule has 0 aromatic heterocycles. The van der Waals surface area contributed by atoms with E-state index < -0.39 is 23.8 Å². The molecule has 37 heavy (non-hydrogen) atoms. The molecule has 0 N–H and O–H groups in total. The third-order valence-corrected chi connectivity index (χ3v) is 22.9. The average molecular weight is 624 g/mol. The number of unbranched alkanes of at least 4 members (excludes halogenated alkanes) is 3. The number of carbonyl (C=O) groups excluding carboxylic acids is 1. The summed E-state index contributed by atoms with van der Waals surface area (Å²) >= 11 is -2.38. The molecule has 0 aliphatic heterocycles. The minimum absolute atomic E-state index is 0.165. The molecule has 0 spiro atoms. The van der Waals surface area contributed by atoms with Crippen molar-refractivity contribution in [2.24, 2.45) is 5.41 Å². The summed E-state index contributed by atoms with van der Waals surface area (Å²) < 4.78 is 23.4. The van der Waals surface area contributed by atoms with Crippen LogP contribution in [0.15, 0.2) is 42.5 Å². The van der Waals surface area contributed by atoms with Gasteiger partial charge in [-0.15, -0.1) is 0 Å². The Morgan fingerprint density at radius 2 is 1.49 bits per heavy atom. The van der Waals surface area contributed by atoms with E-state index in [9.17, 15) is 4.79 Å². The van der Waals surface area contributed by atoms with Gasteiger partial charge in [0.25, 0.3) is 0 Å². The first-order valence-electron chi connectivity index (χ1n) is 14.7. The monoisotopic (exact) mass is 624 g/mol. The first-order chi connectivity index (χ1) is 17.6. The van der Waals surface area contributed by atoms with Crippen molar-refractivity contribution in [1.82, 2.24) is 0 Å². The molecule has 1 aromatic rings. The van der Waals surface area contributed by atoms with Gasteiger partial charge < -0.3 is 0 Å². The number of esters is 1. The van der Waals surface area contributed by atoms with Crippen molar-refractivity contribution in [3.05, 3.63) is 48.0 Å². The molecule has 2 atom stereocenters. The molecule has 0 heterocycles. The third-order valence-electron chi connectivity index (χ3n) is 7.22. The van der Waals surface area contributed by atoms with Crippen LogP contribution in [0.1, 0.15) is 99.0 Å². The van der Waals surface area contributed by atoms with Crippen LogP contribution in [0.5, 0.6) is 0 Å². The number of benzene rings is 1. The van der Waals surface area contributed by atoms with Gasteiger partial charge in [-0.1, -0.05) is 6.07 Å². The maximum absolute atomic E-state index is 12.9. The Balaban J connectivity index is 2.90. The first-order valence-corrected chi connectivity index (χ1v) is 22.7. The van der Waals surface area contributed by atoms with E-state index >= 15 is 0 Å². The quantitative estimate of drug-likeness (QED) is 0.0478. The van der Waals surface area contributed by atoms with Gasteiger partial charge >= 0.3 is 228 Å². The molecule has 0 bridgehead atoms. The van der Waals surface area contributed by atoms with Gasteiger partial charge in [-0.05, 0) is 0 Å². The van der Waals surface area contributed by atoms with Crippen LogP contribution in [0.25, 0.3) is 0 Å². The van der Waals surface area contributed by atoms with Gasteiger partial charge in [-0.3, -0.25) is 0 Å². The SMILES string of the molecule is C=C(C[C@@H](OC(=O)C(C)(C)C)[C@@H](C)OCOCc1ccccc1)[CH2][Sn]([CH2]CCC)([CH2]CCC)[CH2]CCC. The van der Waals surface area contributed by atoms with E-state index in [-0.39, 0.29) is 25.0 Å². The molecule has 4 nitrogen and oxygen atoms in total. The number of rotatable bonds is 20. The molecule has 0 aliphatic rings. The third kappa shape index (κ3) is 14.2. The second-order valence-corrected chi connectivity index (χ2v) is 25.8. The van der Waals surface area contributed by atoms with E-state index in [2.05, 4.69) is 27.4 Å². The van der Waals surface area contributed by atoms with Crippen molar-refractivity contribution in [2.75, 3.05) is 6.79 Å². The van der Waals surface area contributed by atoms with Crippen molar-refractivity contribution in [3.63, 3.8) is 0 Å². The fourth-order valence-corrected chi connectivity index (χ4v) is 21.3. The molecule has 0 radical (unpaired) electrons. The van der Waals surface area contributed by atoms with Gasteiger partial charge in [-0.25, -0.2) is 0 Å². The van der Waals surface area contributed by atoms with Gasteiger partial charge in [0.1, 0.15) is 0 Å². The van der Waals surface area contributed by atoms with Crippen molar-refractivity contribution in [3.8, 4) is 0 Å². The standard InChI is InChI=1S/C20H29O4.3C4H9.Sn/c1-15(2)12-18(24-19(21)20(4,5)6)16(3)23-14-22-13-17-10-8-7-9-11-17;3*1-3-4-2;/h7-11,16,18H,1-2,12-14H2,3-6H3;3*1,3-4H2,2H3;/t16-,18-;;;;/m1..../s1. The number of hydrogen-bond donors (Lipinski definition) is 0. The molecule has 212 valence electrons. The Kier molecular flexibility index (Phi) is 17.0. The summed E-state index contributed by atoms with van der Waals surface area (Å²) in [5.41, 5.74) is 1.81. The number of ether oxygens (including phenoxy) is 3. The van der Waals surface area contributed by atoms with Crippen LogP contribution in [-0.4, -0.2) is 43.3 Å². The zero-order chi connectivity index (χ0) is 27.7. The molecule has 0 saturated heterocycles. The molecule has 5 heteroatoms. The molecule has 1 aromatic carbocycles. The summed E-state index contributed by atoms with van der Waals surface area (Å²) in [6.07, 6.45) is 7.88. The molecule has 0 saturated carbocycles. The molecule has 0 fully saturated rings. The summed E-state index contributed by atoms with van der Waals surface area (Å²) in [6, 6.07) is 10.1. The molecule has 1 rings (SSSR count). The van der Waals surface area contributed by atoms with E-state index in [0.717, 1.165) is 5.56 Å². The predicted molar refractivity (Wildman–Crippen MR) is 159 cm³/mol. The van der Waals surface area contributed by atoms with Crippen molar-refractivity contribution in [1.29, 1.82) is 0 Å². The van der Waals surface area contributed by atoms with Crippen LogP contribution < -0.4 is 0 Å². The van der Waals surface area contributed by atoms with E-state index in [1.54, 1.807) is 0 Å². The van der Waals surface area contributed by atoms with E-state index in [4.69, 9.17) is 14.2 Å². The van der Waals surface area contributed by atoms with E-state index in [0.29, 0.717) is 13.0 Å². The maximum atomic E-state index is 12.9. The van der Waals surface area contributed by atoms with Crippen LogP contribution in [0.2, 0.25) is 17.7 Å². The Bertz CT molecular complexity index is 734. The molecular weight excluding hydrogens is 567 g/mol. The normalized spacial score (nSPS) is 13.8. The minimum atomic E-state index is -2.38. The summed E-state index contributed by atoms with van der Waals surface area (Å²) in [4.78, 5) is 12.9. The summed E-state index contributed by atoms with van der Waals surface area (Å²) in [7, 11) is 0. The van der Waals surface area contributed by atoms with Gasteiger partial charge in [0.05, 0.1) is 0 Å². The van der Waals surface area contributed by atoms with E-state index in [1.165, 1.54) is 61.8 Å². The first kappa shape index (κ1) is 34.2. The predicted octanol–water partition coefficient (Wildman–Crippen LogP) is 9.32. The van der Waals surface area contributed by atoms with Crippen molar-refractivity contribution >= 4 is 24.3 Å². The zero-order valence-corrected chi connectivity index (χ0v) is 27.9. The average Bonchev–Trinajstić information content (AvgIpc) is 2.86. The van der Waals surface area contributed by atoms with Gasteiger partial charge in [0, 0.05) is 0 Å². The second-order valence-electron chi connectivity index (χ2n) is 12.0. The Labute approximate surface area is 232 Å². The van der Waals surface area contributed by atoms with Crippen LogP contribution in [0.3, 0.4) is 0 Å². The van der Waals surface area contributed by atoms with Crippen LogP contribution in [0, 0.1) is 5.41 Å². The van der Waals surface area contributed by atoms with Gasteiger partial charge in [0.2, 0.25) is 0 Å². The molecule has 0 unspecified atom stereocenters. The topological polar surface area (TPSA) is 44.8 Å².